The fourth-order valence-corrected chi connectivity index (χ4v) is 3.47. The Bertz CT molecular complexity index is 1120. The Labute approximate surface area is 166 Å². The van der Waals surface area contributed by atoms with Crippen LogP contribution in [-0.2, 0) is 11.0 Å². The van der Waals surface area contributed by atoms with Crippen molar-refractivity contribution in [1.82, 2.24) is 0 Å². The van der Waals surface area contributed by atoms with Gasteiger partial charge in [-0.2, -0.15) is 13.2 Å². The number of likely N-dealkylation sites (N-methyl/N-ethyl adjacent to an activating group) is 1. The largest absolute Gasteiger partial charge is 0.416 e. The molecule has 0 unspecified atom stereocenters. The first-order chi connectivity index (χ1) is 13.9. The lowest BCUT2D eigenvalue weighted by Crippen LogP contribution is -2.27. The summed E-state index contributed by atoms with van der Waals surface area (Å²) in [5.74, 6) is -0.149. The first-order valence-corrected chi connectivity index (χ1v) is 9.03. The first kappa shape index (κ1) is 18.9. The van der Waals surface area contributed by atoms with Crippen LogP contribution >= 0.6 is 0 Å². The second kappa shape index (κ2) is 7.20. The average molecular weight is 394 g/mol. The molecule has 0 aromatic heterocycles. The van der Waals surface area contributed by atoms with Crippen molar-refractivity contribution in [1.29, 1.82) is 0 Å². The van der Waals surface area contributed by atoms with Gasteiger partial charge in [-0.15, -0.1) is 0 Å². The number of alkyl halides is 3. The van der Waals surface area contributed by atoms with Gasteiger partial charge in [-0.3, -0.25) is 9.79 Å². The maximum absolute atomic E-state index is 13.2. The van der Waals surface area contributed by atoms with Gasteiger partial charge >= 0.3 is 6.18 Å². The maximum Gasteiger partial charge on any atom is 0.416 e. The molecule has 6 heteroatoms. The fraction of sp³-hybridized carbons (Fsp3) is 0.130. The van der Waals surface area contributed by atoms with Gasteiger partial charge in [-0.25, -0.2) is 0 Å². The van der Waals surface area contributed by atoms with Crippen molar-refractivity contribution in [3.63, 3.8) is 0 Å². The van der Waals surface area contributed by atoms with E-state index in [0.29, 0.717) is 28.1 Å². The zero-order chi connectivity index (χ0) is 20.6. The summed E-state index contributed by atoms with van der Waals surface area (Å²) in [5, 5.41) is 0. The molecule has 4 rings (SSSR count). The highest BCUT2D eigenvalue weighted by molar-refractivity contribution is 6.21. The number of amides is 1. The van der Waals surface area contributed by atoms with Crippen LogP contribution in [0.1, 0.15) is 16.7 Å². The minimum Gasteiger partial charge on any atom is -0.313 e. The van der Waals surface area contributed by atoms with Crippen LogP contribution in [0.3, 0.4) is 0 Å². The molecule has 0 radical (unpaired) electrons. The number of fused-ring (bicyclic) bond motifs is 1. The standard InChI is InChI=1S/C23H17F3N2O/c1-28-20-12-5-4-11-19(20)22(27-14-21(28)29)18-10-3-2-9-17(18)15-7-6-8-16(13-15)23(24,25)26/h2-13H,14H2,1H3. The van der Waals surface area contributed by atoms with Gasteiger partial charge < -0.3 is 4.90 Å². The summed E-state index contributed by atoms with van der Waals surface area (Å²) in [6, 6.07) is 19.8. The van der Waals surface area contributed by atoms with E-state index in [0.717, 1.165) is 17.7 Å². The minimum atomic E-state index is -4.42. The zero-order valence-corrected chi connectivity index (χ0v) is 15.6. The third kappa shape index (κ3) is 3.53. The van der Waals surface area contributed by atoms with Crippen LogP contribution in [0.4, 0.5) is 18.9 Å². The molecule has 1 aliphatic heterocycles. The maximum atomic E-state index is 13.2. The normalized spacial score (nSPS) is 14.3. The van der Waals surface area contributed by atoms with E-state index in [2.05, 4.69) is 4.99 Å². The van der Waals surface area contributed by atoms with E-state index in [1.807, 2.05) is 36.4 Å². The molecule has 3 aromatic rings. The van der Waals surface area contributed by atoms with E-state index in [1.54, 1.807) is 30.1 Å². The number of hydrogen-bond donors (Lipinski definition) is 0. The van der Waals surface area contributed by atoms with Crippen molar-refractivity contribution in [3.8, 4) is 11.1 Å². The van der Waals surface area contributed by atoms with E-state index >= 15 is 0 Å². The first-order valence-electron chi connectivity index (χ1n) is 9.03. The highest BCUT2D eigenvalue weighted by atomic mass is 19.4. The molecule has 0 bridgehead atoms. The van der Waals surface area contributed by atoms with Crippen molar-refractivity contribution in [2.75, 3.05) is 18.5 Å². The molecule has 3 aromatic carbocycles. The number of hydrogen-bond acceptors (Lipinski definition) is 2. The summed E-state index contributed by atoms with van der Waals surface area (Å²) in [5.41, 5.74) is 3.12. The van der Waals surface area contributed by atoms with Gasteiger partial charge in [0.05, 0.1) is 17.0 Å². The molecular formula is C23H17F3N2O. The van der Waals surface area contributed by atoms with E-state index in [-0.39, 0.29) is 12.5 Å². The Morgan fingerprint density at radius 2 is 1.52 bits per heavy atom. The molecule has 3 nitrogen and oxygen atoms in total. The molecule has 146 valence electrons. The molecule has 29 heavy (non-hydrogen) atoms. The van der Waals surface area contributed by atoms with Gasteiger partial charge in [0, 0.05) is 18.2 Å². The average Bonchev–Trinajstić information content (AvgIpc) is 2.85. The molecular weight excluding hydrogens is 377 g/mol. The lowest BCUT2D eigenvalue weighted by atomic mass is 9.92. The summed E-state index contributed by atoms with van der Waals surface area (Å²) >= 11 is 0. The van der Waals surface area contributed by atoms with E-state index < -0.39 is 11.7 Å². The Morgan fingerprint density at radius 1 is 0.862 bits per heavy atom. The summed E-state index contributed by atoms with van der Waals surface area (Å²) in [6.07, 6.45) is -4.42. The number of carbonyl (C=O) groups excluding carboxylic acids is 1. The Hall–Kier alpha value is -3.41. The molecule has 0 fully saturated rings. The second-order valence-corrected chi connectivity index (χ2v) is 6.76. The fourth-order valence-electron chi connectivity index (χ4n) is 3.47. The van der Waals surface area contributed by atoms with Crippen molar-refractivity contribution in [3.05, 3.63) is 89.5 Å². The number of benzodiazepines with no additional fused rings is 1. The third-order valence-electron chi connectivity index (χ3n) is 4.95. The van der Waals surface area contributed by atoms with E-state index in [9.17, 15) is 18.0 Å². The van der Waals surface area contributed by atoms with Crippen LogP contribution in [0.2, 0.25) is 0 Å². The van der Waals surface area contributed by atoms with Crippen LogP contribution in [0.25, 0.3) is 11.1 Å². The molecule has 0 N–H and O–H groups in total. The summed E-state index contributed by atoms with van der Waals surface area (Å²) in [7, 11) is 1.69. The summed E-state index contributed by atoms with van der Waals surface area (Å²) in [6.45, 7) is -0.0303. The SMILES string of the molecule is CN1C(=O)CN=C(c2ccccc2-c2cccc(C(F)(F)F)c2)c2ccccc21. The predicted molar refractivity (Wildman–Crippen MR) is 107 cm³/mol. The zero-order valence-electron chi connectivity index (χ0n) is 15.6. The number of rotatable bonds is 2. The van der Waals surface area contributed by atoms with Gasteiger partial charge in [-0.1, -0.05) is 54.6 Å². The van der Waals surface area contributed by atoms with Crippen LogP contribution in [0.15, 0.2) is 77.8 Å². The monoisotopic (exact) mass is 394 g/mol. The molecule has 0 saturated carbocycles. The van der Waals surface area contributed by atoms with Gasteiger partial charge in [-0.05, 0) is 29.3 Å². The van der Waals surface area contributed by atoms with Crippen molar-refractivity contribution in [2.24, 2.45) is 4.99 Å². The van der Waals surface area contributed by atoms with Gasteiger partial charge in [0.1, 0.15) is 6.54 Å². The molecule has 0 atom stereocenters. The van der Waals surface area contributed by atoms with E-state index in [1.165, 1.54) is 6.07 Å². The highest BCUT2D eigenvalue weighted by Gasteiger charge is 2.31. The molecule has 0 aliphatic carbocycles. The topological polar surface area (TPSA) is 32.7 Å². The smallest absolute Gasteiger partial charge is 0.313 e. The number of para-hydroxylation sites is 1. The lowest BCUT2D eigenvalue weighted by molar-refractivity contribution is -0.137. The predicted octanol–water partition coefficient (Wildman–Crippen LogP) is 5.19. The van der Waals surface area contributed by atoms with Crippen molar-refractivity contribution >= 4 is 17.3 Å². The highest BCUT2D eigenvalue weighted by Crippen LogP contribution is 2.35. The minimum absolute atomic E-state index is 0.0303. The number of aliphatic imine (C=N–C) groups is 1. The number of benzene rings is 3. The van der Waals surface area contributed by atoms with Crippen LogP contribution in [-0.4, -0.2) is 25.2 Å². The van der Waals surface area contributed by atoms with Crippen molar-refractivity contribution < 1.29 is 18.0 Å². The number of carbonyl (C=O) groups is 1. The van der Waals surface area contributed by atoms with Crippen LogP contribution < -0.4 is 4.90 Å². The summed E-state index contributed by atoms with van der Waals surface area (Å²) < 4.78 is 39.6. The molecule has 0 spiro atoms. The van der Waals surface area contributed by atoms with Crippen LogP contribution in [0, 0.1) is 0 Å². The quantitative estimate of drug-likeness (QED) is 0.589. The Kier molecular flexibility index (Phi) is 4.70. The molecule has 0 saturated heterocycles. The van der Waals surface area contributed by atoms with Gasteiger partial charge in [0.25, 0.3) is 0 Å². The van der Waals surface area contributed by atoms with E-state index in [4.69, 9.17) is 0 Å². The number of halogens is 3. The molecule has 1 heterocycles. The van der Waals surface area contributed by atoms with Crippen molar-refractivity contribution in [2.45, 2.75) is 6.18 Å². The Morgan fingerprint density at radius 3 is 2.24 bits per heavy atom. The van der Waals surface area contributed by atoms with Gasteiger partial charge in [0.2, 0.25) is 5.91 Å². The summed E-state index contributed by atoms with van der Waals surface area (Å²) in [4.78, 5) is 18.4. The number of anilines is 1. The Balaban J connectivity index is 1.91. The van der Waals surface area contributed by atoms with Gasteiger partial charge in [0.15, 0.2) is 0 Å². The second-order valence-electron chi connectivity index (χ2n) is 6.76. The lowest BCUT2D eigenvalue weighted by Gasteiger charge is -2.18. The molecule has 1 aliphatic rings. The third-order valence-corrected chi connectivity index (χ3v) is 4.95. The number of nitrogens with zero attached hydrogens (tertiary/aromatic N) is 2. The van der Waals surface area contributed by atoms with Crippen LogP contribution in [0.5, 0.6) is 0 Å². The molecule has 1 amide bonds.